The second kappa shape index (κ2) is 7.42. The highest BCUT2D eigenvalue weighted by Crippen LogP contribution is 2.32. The van der Waals surface area contributed by atoms with E-state index in [4.69, 9.17) is 0 Å². The predicted molar refractivity (Wildman–Crippen MR) is 122 cm³/mol. The lowest BCUT2D eigenvalue weighted by Crippen LogP contribution is -2.41. The molecule has 3 aromatic rings. The summed E-state index contributed by atoms with van der Waals surface area (Å²) in [5, 5.41) is 3.61. The Morgan fingerprint density at radius 2 is 1.90 bits per heavy atom. The third-order valence-electron chi connectivity index (χ3n) is 5.84. The molecule has 1 N–H and O–H groups in total. The van der Waals surface area contributed by atoms with E-state index in [0.29, 0.717) is 42.5 Å². The number of amides is 1. The number of carbonyl (C=O) groups is 1. The van der Waals surface area contributed by atoms with E-state index >= 15 is 0 Å². The summed E-state index contributed by atoms with van der Waals surface area (Å²) in [6, 6.07) is 11.1. The molecular weight excluding hydrogens is 432 g/mol. The SMILES string of the molecule is Cc1cc(C)c2nc(NC(=O)C3CCN(C4=NS(=O)(=O)c5ccccc54)CC3)sc2c1. The first-order valence-electron chi connectivity index (χ1n) is 10.2. The van der Waals surface area contributed by atoms with Gasteiger partial charge in [0.1, 0.15) is 4.90 Å². The summed E-state index contributed by atoms with van der Waals surface area (Å²) in [6.45, 7) is 5.24. The van der Waals surface area contributed by atoms with Gasteiger partial charge in [0, 0.05) is 24.6 Å². The molecule has 1 aromatic heterocycles. The number of fused-ring (bicyclic) bond motifs is 2. The van der Waals surface area contributed by atoms with Crippen molar-refractivity contribution in [2.45, 2.75) is 31.6 Å². The number of aromatic nitrogens is 1. The average Bonchev–Trinajstić information content (AvgIpc) is 3.26. The minimum atomic E-state index is -3.63. The van der Waals surface area contributed by atoms with Gasteiger partial charge in [-0.3, -0.25) is 4.79 Å². The number of carbonyl (C=O) groups excluding carboxylic acids is 1. The van der Waals surface area contributed by atoms with Crippen LogP contribution in [0, 0.1) is 19.8 Å². The fraction of sp³-hybridized carbons (Fsp3) is 0.318. The second-order valence-electron chi connectivity index (χ2n) is 8.08. The van der Waals surface area contributed by atoms with E-state index in [2.05, 4.69) is 33.8 Å². The molecule has 0 saturated carbocycles. The van der Waals surface area contributed by atoms with Crippen LogP contribution in [0.4, 0.5) is 5.13 Å². The Hall–Kier alpha value is -2.78. The highest BCUT2D eigenvalue weighted by Gasteiger charge is 2.34. The zero-order valence-electron chi connectivity index (χ0n) is 17.3. The van der Waals surface area contributed by atoms with Gasteiger partial charge in [-0.2, -0.15) is 8.42 Å². The minimum Gasteiger partial charge on any atom is -0.355 e. The molecule has 31 heavy (non-hydrogen) atoms. The molecule has 160 valence electrons. The van der Waals surface area contributed by atoms with Gasteiger partial charge in [-0.15, -0.1) is 4.40 Å². The van der Waals surface area contributed by atoms with E-state index in [0.717, 1.165) is 15.8 Å². The molecule has 3 heterocycles. The summed E-state index contributed by atoms with van der Waals surface area (Å²) in [5.41, 5.74) is 3.86. The summed E-state index contributed by atoms with van der Waals surface area (Å²) in [4.78, 5) is 19.7. The fourth-order valence-electron chi connectivity index (χ4n) is 4.30. The van der Waals surface area contributed by atoms with Gasteiger partial charge in [0.2, 0.25) is 5.91 Å². The molecule has 0 radical (unpaired) electrons. The van der Waals surface area contributed by atoms with Crippen LogP contribution in [0.2, 0.25) is 0 Å². The summed E-state index contributed by atoms with van der Waals surface area (Å²) in [7, 11) is -3.63. The molecule has 1 saturated heterocycles. The number of hydrogen-bond acceptors (Lipinski definition) is 6. The van der Waals surface area contributed by atoms with Crippen LogP contribution in [-0.4, -0.2) is 43.1 Å². The Bertz CT molecular complexity index is 1340. The number of thiazole rings is 1. The third-order valence-corrected chi connectivity index (χ3v) is 8.08. The van der Waals surface area contributed by atoms with Gasteiger partial charge in [-0.1, -0.05) is 29.5 Å². The summed E-state index contributed by atoms with van der Waals surface area (Å²) >= 11 is 1.49. The minimum absolute atomic E-state index is 0.0329. The Labute approximate surface area is 184 Å². The fourth-order valence-corrected chi connectivity index (χ4v) is 6.57. The van der Waals surface area contributed by atoms with E-state index in [1.165, 1.54) is 16.9 Å². The zero-order valence-corrected chi connectivity index (χ0v) is 18.9. The van der Waals surface area contributed by atoms with Crippen molar-refractivity contribution in [2.24, 2.45) is 10.3 Å². The number of sulfonamides is 1. The number of benzene rings is 2. The smallest absolute Gasteiger partial charge is 0.285 e. The summed E-state index contributed by atoms with van der Waals surface area (Å²) in [5.74, 6) is 0.320. The van der Waals surface area contributed by atoms with E-state index in [-0.39, 0.29) is 16.7 Å². The molecular formula is C22H22N4O3S2. The van der Waals surface area contributed by atoms with Crippen LogP contribution in [0.3, 0.4) is 0 Å². The predicted octanol–water partition coefficient (Wildman–Crippen LogP) is 3.71. The standard InChI is InChI=1S/C22H22N4O3S2/c1-13-11-14(2)19-17(12-13)30-22(23-19)24-21(27)15-7-9-26(10-8-15)20-16-5-3-4-6-18(16)31(28,29)25-20/h3-6,11-12,15H,7-10H2,1-2H3,(H,23,24,27). The van der Waals surface area contributed by atoms with Gasteiger partial charge in [-0.05, 0) is 56.0 Å². The van der Waals surface area contributed by atoms with E-state index in [9.17, 15) is 13.2 Å². The van der Waals surface area contributed by atoms with Crippen LogP contribution in [-0.2, 0) is 14.8 Å². The number of nitrogens with zero attached hydrogens (tertiary/aromatic N) is 3. The second-order valence-corrected chi connectivity index (χ2v) is 10.7. The van der Waals surface area contributed by atoms with Crippen molar-refractivity contribution in [3.63, 3.8) is 0 Å². The molecule has 7 nitrogen and oxygen atoms in total. The van der Waals surface area contributed by atoms with Crippen molar-refractivity contribution in [1.29, 1.82) is 0 Å². The largest absolute Gasteiger partial charge is 0.355 e. The van der Waals surface area contributed by atoms with Crippen molar-refractivity contribution in [3.8, 4) is 0 Å². The Morgan fingerprint density at radius 3 is 2.68 bits per heavy atom. The van der Waals surface area contributed by atoms with Gasteiger partial charge < -0.3 is 10.2 Å². The molecule has 2 aromatic carbocycles. The molecule has 1 fully saturated rings. The molecule has 0 atom stereocenters. The van der Waals surface area contributed by atoms with Crippen molar-refractivity contribution in [3.05, 3.63) is 53.1 Å². The number of anilines is 1. The van der Waals surface area contributed by atoms with Crippen LogP contribution < -0.4 is 5.32 Å². The molecule has 9 heteroatoms. The number of nitrogens with one attached hydrogen (secondary N) is 1. The molecule has 0 bridgehead atoms. The van der Waals surface area contributed by atoms with E-state index in [1.54, 1.807) is 18.2 Å². The van der Waals surface area contributed by atoms with Crippen molar-refractivity contribution in [1.82, 2.24) is 9.88 Å². The maximum Gasteiger partial charge on any atom is 0.285 e. The normalized spacial score (nSPS) is 18.1. The number of hydrogen-bond donors (Lipinski definition) is 1. The van der Waals surface area contributed by atoms with Crippen LogP contribution in [0.1, 0.15) is 29.5 Å². The number of aryl methyl sites for hydroxylation is 2. The number of likely N-dealkylation sites (tertiary alicyclic amines) is 1. The molecule has 0 aliphatic carbocycles. The number of piperidine rings is 1. The van der Waals surface area contributed by atoms with Gasteiger partial charge in [0.05, 0.1) is 10.2 Å². The van der Waals surface area contributed by atoms with Crippen LogP contribution >= 0.6 is 11.3 Å². The lowest BCUT2D eigenvalue weighted by molar-refractivity contribution is -0.120. The zero-order chi connectivity index (χ0) is 21.8. The Morgan fingerprint density at radius 1 is 1.16 bits per heavy atom. The maximum atomic E-state index is 12.8. The topological polar surface area (TPSA) is 91.7 Å². The highest BCUT2D eigenvalue weighted by molar-refractivity contribution is 7.90. The van der Waals surface area contributed by atoms with Crippen LogP contribution in [0.5, 0.6) is 0 Å². The molecule has 0 unspecified atom stereocenters. The number of rotatable bonds is 2. The van der Waals surface area contributed by atoms with Crippen molar-refractivity contribution < 1.29 is 13.2 Å². The summed E-state index contributed by atoms with van der Waals surface area (Å²) < 4.78 is 29.7. The number of amidine groups is 1. The molecule has 0 spiro atoms. The average molecular weight is 455 g/mol. The molecule has 1 amide bonds. The van der Waals surface area contributed by atoms with Gasteiger partial charge in [-0.25, -0.2) is 4.98 Å². The first-order chi connectivity index (χ1) is 14.8. The maximum absolute atomic E-state index is 12.8. The first-order valence-corrected chi connectivity index (χ1v) is 12.5. The van der Waals surface area contributed by atoms with Crippen LogP contribution in [0.25, 0.3) is 10.2 Å². The van der Waals surface area contributed by atoms with E-state index < -0.39 is 10.0 Å². The first kappa shape index (κ1) is 20.1. The quantitative estimate of drug-likeness (QED) is 0.637. The molecule has 2 aliphatic rings. The Kier molecular flexibility index (Phi) is 4.82. The Balaban J connectivity index is 1.27. The van der Waals surface area contributed by atoms with Gasteiger partial charge in [0.25, 0.3) is 10.0 Å². The lowest BCUT2D eigenvalue weighted by Gasteiger charge is -2.32. The van der Waals surface area contributed by atoms with Gasteiger partial charge >= 0.3 is 0 Å². The van der Waals surface area contributed by atoms with Crippen molar-refractivity contribution >= 4 is 48.5 Å². The van der Waals surface area contributed by atoms with Gasteiger partial charge in [0.15, 0.2) is 11.0 Å². The van der Waals surface area contributed by atoms with E-state index in [1.807, 2.05) is 17.9 Å². The monoisotopic (exact) mass is 454 g/mol. The lowest BCUT2D eigenvalue weighted by atomic mass is 9.95. The highest BCUT2D eigenvalue weighted by atomic mass is 32.2. The van der Waals surface area contributed by atoms with Crippen LogP contribution in [0.15, 0.2) is 45.7 Å². The van der Waals surface area contributed by atoms with Crippen molar-refractivity contribution in [2.75, 3.05) is 18.4 Å². The summed E-state index contributed by atoms with van der Waals surface area (Å²) in [6.07, 6.45) is 1.27. The third kappa shape index (κ3) is 3.61. The molecule has 5 rings (SSSR count). The molecule has 2 aliphatic heterocycles.